The Morgan fingerprint density at radius 1 is 1.00 bits per heavy atom. The highest BCUT2D eigenvalue weighted by Crippen LogP contribution is 2.19. The normalized spacial score (nSPS) is 10.3. The van der Waals surface area contributed by atoms with Gasteiger partial charge in [0.2, 0.25) is 5.91 Å². The number of hydrogen-bond acceptors (Lipinski definition) is 3. The predicted molar refractivity (Wildman–Crippen MR) is 92.7 cm³/mol. The highest BCUT2D eigenvalue weighted by Gasteiger charge is 2.06. The summed E-state index contributed by atoms with van der Waals surface area (Å²) in [7, 11) is 0. The number of hydrogen-bond donors (Lipinski definition) is 2. The maximum absolute atomic E-state index is 13.6. The molecule has 0 aliphatic carbocycles. The van der Waals surface area contributed by atoms with Crippen LogP contribution in [0, 0.1) is 11.6 Å². The fourth-order valence-corrected chi connectivity index (χ4v) is 2.28. The van der Waals surface area contributed by atoms with E-state index in [2.05, 4.69) is 15.6 Å². The molecule has 0 saturated heterocycles. The van der Waals surface area contributed by atoms with Crippen molar-refractivity contribution in [1.29, 1.82) is 0 Å². The lowest BCUT2D eigenvalue weighted by molar-refractivity contribution is -0.115. The minimum atomic E-state index is -0.382. The molecule has 0 bridgehead atoms. The Hall–Kier alpha value is -3.28. The second-order valence-electron chi connectivity index (χ2n) is 5.39. The summed E-state index contributed by atoms with van der Waals surface area (Å²) in [5, 5.41) is 5.54. The van der Waals surface area contributed by atoms with Gasteiger partial charge in [0, 0.05) is 0 Å². The molecule has 0 fully saturated rings. The van der Waals surface area contributed by atoms with Crippen LogP contribution < -0.4 is 10.6 Å². The van der Waals surface area contributed by atoms with Gasteiger partial charge in [-0.05, 0) is 42.0 Å². The van der Waals surface area contributed by atoms with Crippen LogP contribution in [0.4, 0.5) is 26.0 Å². The number of pyridine rings is 1. The number of carbonyl (C=O) groups is 1. The largest absolute Gasteiger partial charge is 0.352 e. The van der Waals surface area contributed by atoms with Gasteiger partial charge in [-0.3, -0.25) is 4.79 Å². The lowest BCUT2D eigenvalue weighted by Gasteiger charge is -2.08. The van der Waals surface area contributed by atoms with Crippen molar-refractivity contribution < 1.29 is 13.6 Å². The van der Waals surface area contributed by atoms with E-state index in [-0.39, 0.29) is 24.0 Å². The quantitative estimate of drug-likeness (QED) is 0.729. The van der Waals surface area contributed by atoms with Crippen LogP contribution in [-0.2, 0) is 11.2 Å². The third kappa shape index (κ3) is 4.60. The maximum atomic E-state index is 13.6. The van der Waals surface area contributed by atoms with Gasteiger partial charge in [0.05, 0.1) is 24.0 Å². The molecule has 2 aromatic carbocycles. The molecule has 2 N–H and O–H groups in total. The molecule has 0 radical (unpaired) electrons. The topological polar surface area (TPSA) is 54.0 Å². The number of benzene rings is 2. The van der Waals surface area contributed by atoms with Crippen molar-refractivity contribution in [2.24, 2.45) is 0 Å². The first-order chi connectivity index (χ1) is 12.1. The Labute approximate surface area is 143 Å². The molecule has 0 unspecified atom stereocenters. The number of carbonyl (C=O) groups excluding carboxylic acids is 1. The zero-order chi connectivity index (χ0) is 17.6. The summed E-state index contributed by atoms with van der Waals surface area (Å²) >= 11 is 0. The van der Waals surface area contributed by atoms with Gasteiger partial charge < -0.3 is 10.6 Å². The lowest BCUT2D eigenvalue weighted by atomic mass is 10.1. The van der Waals surface area contributed by atoms with E-state index < -0.39 is 0 Å². The smallest absolute Gasteiger partial charge is 0.229 e. The third-order valence-corrected chi connectivity index (χ3v) is 3.44. The minimum Gasteiger partial charge on any atom is -0.352 e. The van der Waals surface area contributed by atoms with Crippen molar-refractivity contribution in [3.8, 4) is 0 Å². The molecule has 0 saturated carbocycles. The summed E-state index contributed by atoms with van der Waals surface area (Å²) in [5.74, 6) is -0.685. The average molecular weight is 339 g/mol. The molecule has 1 heterocycles. The van der Waals surface area contributed by atoms with E-state index in [1.807, 2.05) is 0 Å². The molecule has 4 nitrogen and oxygen atoms in total. The molecule has 3 aromatic rings. The fraction of sp³-hybridized carbons (Fsp3) is 0.0526. The molecule has 0 aliphatic heterocycles. The third-order valence-electron chi connectivity index (χ3n) is 3.44. The number of nitrogens with one attached hydrogen (secondary N) is 2. The Bertz CT molecular complexity index is 882. The standard InChI is InChI=1S/C19H15F2N3O/c20-14-5-3-4-13(10-14)11-19(25)24-18-9-8-15(12-22-18)23-17-7-2-1-6-16(17)21/h1-10,12,23H,11H2,(H,22,24,25). The van der Waals surface area contributed by atoms with Crippen molar-refractivity contribution in [3.63, 3.8) is 0 Å². The summed E-state index contributed by atoms with van der Waals surface area (Å²) in [4.78, 5) is 16.1. The van der Waals surface area contributed by atoms with Gasteiger partial charge >= 0.3 is 0 Å². The van der Waals surface area contributed by atoms with E-state index in [1.165, 1.54) is 24.4 Å². The van der Waals surface area contributed by atoms with Gasteiger partial charge in [0.15, 0.2) is 0 Å². The van der Waals surface area contributed by atoms with Gasteiger partial charge in [-0.2, -0.15) is 0 Å². The summed E-state index contributed by atoms with van der Waals surface area (Å²) in [6.45, 7) is 0. The van der Waals surface area contributed by atoms with E-state index in [1.54, 1.807) is 42.5 Å². The van der Waals surface area contributed by atoms with Crippen LogP contribution in [0.1, 0.15) is 5.56 Å². The Morgan fingerprint density at radius 2 is 1.84 bits per heavy atom. The molecule has 1 aromatic heterocycles. The number of halogens is 2. The molecule has 1 amide bonds. The van der Waals surface area contributed by atoms with E-state index in [9.17, 15) is 13.6 Å². The van der Waals surface area contributed by atoms with E-state index >= 15 is 0 Å². The Morgan fingerprint density at radius 3 is 2.56 bits per heavy atom. The summed E-state index contributed by atoms with van der Waals surface area (Å²) in [5.41, 5.74) is 1.51. The molecular formula is C19H15F2N3O. The van der Waals surface area contributed by atoms with Crippen LogP contribution in [0.5, 0.6) is 0 Å². The highest BCUT2D eigenvalue weighted by molar-refractivity contribution is 5.91. The van der Waals surface area contributed by atoms with Crippen LogP contribution in [-0.4, -0.2) is 10.9 Å². The Balaban J connectivity index is 1.60. The molecule has 0 aliphatic rings. The lowest BCUT2D eigenvalue weighted by Crippen LogP contribution is -2.15. The van der Waals surface area contributed by atoms with Gasteiger partial charge in [-0.1, -0.05) is 24.3 Å². The van der Waals surface area contributed by atoms with E-state index in [0.29, 0.717) is 22.8 Å². The van der Waals surface area contributed by atoms with Gasteiger partial charge in [-0.15, -0.1) is 0 Å². The first-order valence-electron chi connectivity index (χ1n) is 7.62. The molecular weight excluding hydrogens is 324 g/mol. The molecule has 0 atom stereocenters. The summed E-state index contributed by atoms with van der Waals surface area (Å²) in [6.07, 6.45) is 1.54. The number of amides is 1. The van der Waals surface area contributed by atoms with Crippen molar-refractivity contribution in [2.75, 3.05) is 10.6 Å². The van der Waals surface area contributed by atoms with Gasteiger partial charge in [0.25, 0.3) is 0 Å². The monoisotopic (exact) mass is 339 g/mol. The van der Waals surface area contributed by atoms with Crippen molar-refractivity contribution in [1.82, 2.24) is 4.98 Å². The summed E-state index contributed by atoms with van der Waals surface area (Å²) in [6, 6.07) is 15.5. The first kappa shape index (κ1) is 16.6. The Kier molecular flexibility index (Phi) is 4.99. The van der Waals surface area contributed by atoms with Crippen LogP contribution in [0.15, 0.2) is 66.9 Å². The molecule has 0 spiro atoms. The highest BCUT2D eigenvalue weighted by atomic mass is 19.1. The SMILES string of the molecule is O=C(Cc1cccc(F)c1)Nc1ccc(Nc2ccccc2F)cn1. The van der Waals surface area contributed by atoms with Crippen LogP contribution >= 0.6 is 0 Å². The van der Waals surface area contributed by atoms with Crippen molar-refractivity contribution >= 4 is 23.1 Å². The molecule has 3 rings (SSSR count). The predicted octanol–water partition coefficient (Wildman–Crippen LogP) is 4.28. The van der Waals surface area contributed by atoms with E-state index in [4.69, 9.17) is 0 Å². The van der Waals surface area contributed by atoms with Crippen molar-refractivity contribution in [3.05, 3.63) is 84.1 Å². The van der Waals surface area contributed by atoms with E-state index in [0.717, 1.165) is 0 Å². The zero-order valence-corrected chi connectivity index (χ0v) is 13.2. The fourth-order valence-electron chi connectivity index (χ4n) is 2.28. The number of anilines is 3. The number of para-hydroxylation sites is 1. The maximum Gasteiger partial charge on any atom is 0.229 e. The zero-order valence-electron chi connectivity index (χ0n) is 13.2. The minimum absolute atomic E-state index is 0.0503. The second-order valence-corrected chi connectivity index (χ2v) is 5.39. The first-order valence-corrected chi connectivity index (χ1v) is 7.62. The second kappa shape index (κ2) is 7.53. The molecule has 6 heteroatoms. The average Bonchev–Trinajstić information content (AvgIpc) is 2.58. The van der Waals surface area contributed by atoms with Gasteiger partial charge in [0.1, 0.15) is 17.5 Å². The number of nitrogens with zero attached hydrogens (tertiary/aromatic N) is 1. The molecule has 126 valence electrons. The van der Waals surface area contributed by atoms with Gasteiger partial charge in [-0.25, -0.2) is 13.8 Å². The summed E-state index contributed by atoms with van der Waals surface area (Å²) < 4.78 is 26.7. The molecule has 25 heavy (non-hydrogen) atoms. The van der Waals surface area contributed by atoms with Crippen LogP contribution in [0.25, 0.3) is 0 Å². The van der Waals surface area contributed by atoms with Crippen LogP contribution in [0.2, 0.25) is 0 Å². The van der Waals surface area contributed by atoms with Crippen LogP contribution in [0.3, 0.4) is 0 Å². The number of aromatic nitrogens is 1. The van der Waals surface area contributed by atoms with Crippen molar-refractivity contribution in [2.45, 2.75) is 6.42 Å². The number of rotatable bonds is 5.